The summed E-state index contributed by atoms with van der Waals surface area (Å²) in [6.07, 6.45) is 1.63. The predicted octanol–water partition coefficient (Wildman–Crippen LogP) is 1.48. The van der Waals surface area contributed by atoms with Crippen LogP contribution in [0.5, 0.6) is 0 Å². The van der Waals surface area contributed by atoms with Crippen LogP contribution in [-0.2, 0) is 16.0 Å². The third-order valence-corrected chi connectivity index (χ3v) is 1.44. The standard InChI is InChI=1S/C9H10FNO2/c1-7(12)13-9(10)6-8-2-4-11-5-3-8/h2-5,9H,6H2,1H3. The average Bonchev–Trinajstić information content (AvgIpc) is 2.04. The fourth-order valence-electron chi connectivity index (χ4n) is 0.926. The number of alkyl halides is 1. The van der Waals surface area contributed by atoms with Gasteiger partial charge < -0.3 is 4.74 Å². The predicted molar refractivity (Wildman–Crippen MR) is 44.6 cm³/mol. The molecule has 1 aromatic heterocycles. The topological polar surface area (TPSA) is 39.2 Å². The second kappa shape index (κ2) is 4.54. The van der Waals surface area contributed by atoms with Crippen LogP contribution < -0.4 is 0 Å². The number of hydrogen-bond donors (Lipinski definition) is 0. The van der Waals surface area contributed by atoms with E-state index in [4.69, 9.17) is 0 Å². The number of carbonyl (C=O) groups is 1. The van der Waals surface area contributed by atoms with Gasteiger partial charge in [-0.2, -0.15) is 0 Å². The summed E-state index contributed by atoms with van der Waals surface area (Å²) in [5.41, 5.74) is 0.753. The van der Waals surface area contributed by atoms with Crippen molar-refractivity contribution in [1.29, 1.82) is 0 Å². The van der Waals surface area contributed by atoms with Crippen molar-refractivity contribution in [3.8, 4) is 0 Å². The van der Waals surface area contributed by atoms with Crippen molar-refractivity contribution in [1.82, 2.24) is 4.98 Å². The van der Waals surface area contributed by atoms with E-state index in [1.807, 2.05) is 0 Å². The van der Waals surface area contributed by atoms with Gasteiger partial charge in [0.1, 0.15) is 0 Å². The third-order valence-electron chi connectivity index (χ3n) is 1.44. The van der Waals surface area contributed by atoms with Gasteiger partial charge in [-0.3, -0.25) is 9.78 Å². The fourth-order valence-corrected chi connectivity index (χ4v) is 0.926. The van der Waals surface area contributed by atoms with Crippen molar-refractivity contribution < 1.29 is 13.9 Å². The number of carbonyl (C=O) groups excluding carboxylic acids is 1. The van der Waals surface area contributed by atoms with Crippen molar-refractivity contribution in [2.24, 2.45) is 0 Å². The number of rotatable bonds is 3. The van der Waals surface area contributed by atoms with Crippen molar-refractivity contribution in [2.45, 2.75) is 19.7 Å². The highest BCUT2D eigenvalue weighted by Gasteiger charge is 2.09. The summed E-state index contributed by atoms with van der Waals surface area (Å²) in [7, 11) is 0. The lowest BCUT2D eigenvalue weighted by Crippen LogP contribution is -2.13. The summed E-state index contributed by atoms with van der Waals surface area (Å²) in [6.45, 7) is 1.18. The Bertz CT molecular complexity index is 276. The van der Waals surface area contributed by atoms with Crippen LogP contribution in [0.4, 0.5) is 4.39 Å². The zero-order valence-electron chi connectivity index (χ0n) is 7.24. The van der Waals surface area contributed by atoms with Gasteiger partial charge in [-0.15, -0.1) is 0 Å². The summed E-state index contributed by atoms with van der Waals surface area (Å²) in [6, 6.07) is 3.35. The molecule has 0 aliphatic heterocycles. The Morgan fingerprint density at radius 1 is 1.62 bits per heavy atom. The molecule has 0 saturated carbocycles. The molecule has 0 amide bonds. The first kappa shape index (κ1) is 9.64. The monoisotopic (exact) mass is 183 g/mol. The van der Waals surface area contributed by atoms with E-state index >= 15 is 0 Å². The molecular weight excluding hydrogens is 173 g/mol. The van der Waals surface area contributed by atoms with Gasteiger partial charge in [0.25, 0.3) is 0 Å². The maximum Gasteiger partial charge on any atom is 0.305 e. The number of esters is 1. The van der Waals surface area contributed by atoms with Gasteiger partial charge in [0.15, 0.2) is 0 Å². The largest absolute Gasteiger partial charge is 0.431 e. The van der Waals surface area contributed by atoms with Gasteiger partial charge in [-0.05, 0) is 17.7 Å². The van der Waals surface area contributed by atoms with Gasteiger partial charge in [-0.25, -0.2) is 4.39 Å². The zero-order chi connectivity index (χ0) is 9.68. The molecule has 0 aliphatic rings. The molecule has 1 heterocycles. The SMILES string of the molecule is CC(=O)OC(F)Cc1ccncc1. The molecule has 4 heteroatoms. The molecule has 0 N–H and O–H groups in total. The molecule has 0 aliphatic carbocycles. The number of hydrogen-bond acceptors (Lipinski definition) is 3. The van der Waals surface area contributed by atoms with Gasteiger partial charge in [0.2, 0.25) is 6.36 Å². The van der Waals surface area contributed by atoms with Crippen LogP contribution in [0.1, 0.15) is 12.5 Å². The van der Waals surface area contributed by atoms with E-state index in [1.165, 1.54) is 6.92 Å². The number of pyridine rings is 1. The van der Waals surface area contributed by atoms with E-state index in [0.717, 1.165) is 5.56 Å². The molecule has 1 aromatic rings. The molecule has 0 saturated heterocycles. The van der Waals surface area contributed by atoms with Crippen LogP contribution in [-0.4, -0.2) is 17.3 Å². The lowest BCUT2D eigenvalue weighted by molar-refractivity contribution is -0.154. The van der Waals surface area contributed by atoms with Crippen molar-refractivity contribution in [3.05, 3.63) is 30.1 Å². The Morgan fingerprint density at radius 3 is 2.77 bits per heavy atom. The number of aromatic nitrogens is 1. The minimum atomic E-state index is -1.57. The highest BCUT2D eigenvalue weighted by Crippen LogP contribution is 2.05. The quantitative estimate of drug-likeness (QED) is 0.666. The van der Waals surface area contributed by atoms with Crippen LogP contribution in [0.15, 0.2) is 24.5 Å². The van der Waals surface area contributed by atoms with Crippen LogP contribution in [0, 0.1) is 0 Å². The maximum absolute atomic E-state index is 12.9. The van der Waals surface area contributed by atoms with Gasteiger partial charge in [-0.1, -0.05) is 0 Å². The Labute approximate surface area is 75.6 Å². The van der Waals surface area contributed by atoms with Crippen LogP contribution in [0.2, 0.25) is 0 Å². The van der Waals surface area contributed by atoms with E-state index < -0.39 is 12.3 Å². The third kappa shape index (κ3) is 3.64. The highest BCUT2D eigenvalue weighted by molar-refractivity contribution is 5.66. The maximum atomic E-state index is 12.9. The van der Waals surface area contributed by atoms with E-state index in [-0.39, 0.29) is 6.42 Å². The van der Waals surface area contributed by atoms with E-state index in [0.29, 0.717) is 0 Å². The molecule has 1 atom stereocenters. The molecule has 1 rings (SSSR count). The summed E-state index contributed by atoms with van der Waals surface area (Å²) in [5, 5.41) is 0. The summed E-state index contributed by atoms with van der Waals surface area (Å²) >= 11 is 0. The molecular formula is C9H10FNO2. The molecule has 70 valence electrons. The molecule has 0 spiro atoms. The second-order valence-electron chi connectivity index (χ2n) is 2.58. The number of halogens is 1. The minimum absolute atomic E-state index is 0.0715. The molecule has 0 aromatic carbocycles. The Hall–Kier alpha value is -1.45. The average molecular weight is 183 g/mol. The van der Waals surface area contributed by atoms with Crippen molar-refractivity contribution in [2.75, 3.05) is 0 Å². The lowest BCUT2D eigenvalue weighted by atomic mass is 10.2. The number of nitrogens with zero attached hydrogens (tertiary/aromatic N) is 1. The van der Waals surface area contributed by atoms with E-state index in [2.05, 4.69) is 9.72 Å². The molecule has 0 radical (unpaired) electrons. The van der Waals surface area contributed by atoms with Crippen LogP contribution in [0.3, 0.4) is 0 Å². The molecule has 0 bridgehead atoms. The smallest absolute Gasteiger partial charge is 0.305 e. The van der Waals surface area contributed by atoms with E-state index in [1.54, 1.807) is 24.5 Å². The Morgan fingerprint density at radius 2 is 2.23 bits per heavy atom. The van der Waals surface area contributed by atoms with Gasteiger partial charge >= 0.3 is 5.97 Å². The van der Waals surface area contributed by atoms with Crippen molar-refractivity contribution in [3.63, 3.8) is 0 Å². The first-order chi connectivity index (χ1) is 6.18. The van der Waals surface area contributed by atoms with E-state index in [9.17, 15) is 9.18 Å². The fraction of sp³-hybridized carbons (Fsp3) is 0.333. The van der Waals surface area contributed by atoms with Crippen LogP contribution in [0.25, 0.3) is 0 Å². The summed E-state index contributed by atoms with van der Waals surface area (Å²) in [4.78, 5) is 14.2. The first-order valence-corrected chi connectivity index (χ1v) is 3.88. The summed E-state index contributed by atoms with van der Waals surface area (Å²) < 4.78 is 17.2. The van der Waals surface area contributed by atoms with Gasteiger partial charge in [0.05, 0.1) is 0 Å². The molecule has 1 unspecified atom stereocenters. The number of ether oxygens (including phenoxy) is 1. The first-order valence-electron chi connectivity index (χ1n) is 3.88. The molecule has 0 fully saturated rings. The lowest BCUT2D eigenvalue weighted by Gasteiger charge is -2.07. The highest BCUT2D eigenvalue weighted by atomic mass is 19.1. The Kier molecular flexibility index (Phi) is 3.37. The van der Waals surface area contributed by atoms with Gasteiger partial charge in [0, 0.05) is 25.7 Å². The molecule has 3 nitrogen and oxygen atoms in total. The Balaban J connectivity index is 2.45. The zero-order valence-corrected chi connectivity index (χ0v) is 7.24. The second-order valence-corrected chi connectivity index (χ2v) is 2.58. The summed E-state index contributed by atoms with van der Waals surface area (Å²) in [5.74, 6) is -0.610. The van der Waals surface area contributed by atoms with Crippen molar-refractivity contribution >= 4 is 5.97 Å². The molecule has 13 heavy (non-hydrogen) atoms. The van der Waals surface area contributed by atoms with Crippen LogP contribution >= 0.6 is 0 Å². The normalized spacial score (nSPS) is 12.2. The minimum Gasteiger partial charge on any atom is -0.431 e.